The van der Waals surface area contributed by atoms with Gasteiger partial charge in [-0.15, -0.1) is 0 Å². The van der Waals surface area contributed by atoms with Gasteiger partial charge in [0.2, 0.25) is 0 Å². The van der Waals surface area contributed by atoms with Crippen LogP contribution in [-0.4, -0.2) is 5.11 Å². The van der Waals surface area contributed by atoms with Gasteiger partial charge in [-0.05, 0) is 29.3 Å². The molecule has 18 heavy (non-hydrogen) atoms. The van der Waals surface area contributed by atoms with Crippen LogP contribution in [0.15, 0.2) is 48.5 Å². The molecule has 2 rings (SSSR count). The first-order valence-corrected chi connectivity index (χ1v) is 5.39. The third kappa shape index (κ3) is 2.71. The number of hydrogen-bond acceptors (Lipinski definition) is 1. The molecule has 0 saturated heterocycles. The average molecular weight is 252 g/mol. The summed E-state index contributed by atoms with van der Waals surface area (Å²) in [4.78, 5) is 0. The van der Waals surface area contributed by atoms with Gasteiger partial charge in [0, 0.05) is 5.56 Å². The molecule has 94 valence electrons. The van der Waals surface area contributed by atoms with Crippen LogP contribution in [-0.2, 0) is 0 Å². The van der Waals surface area contributed by atoms with E-state index >= 15 is 0 Å². The first-order chi connectivity index (χ1) is 8.58. The van der Waals surface area contributed by atoms with Gasteiger partial charge in [-0.25, -0.2) is 13.2 Å². The van der Waals surface area contributed by atoms with Crippen LogP contribution in [0.3, 0.4) is 0 Å². The fourth-order valence-corrected chi connectivity index (χ4v) is 1.70. The summed E-state index contributed by atoms with van der Waals surface area (Å²) in [6.45, 7) is 0. The fraction of sp³-hybridized carbons (Fsp3) is 0.143. The van der Waals surface area contributed by atoms with Crippen LogP contribution in [0.5, 0.6) is 0 Å². The van der Waals surface area contributed by atoms with Crippen molar-refractivity contribution in [1.82, 2.24) is 0 Å². The molecule has 0 aliphatic rings. The van der Waals surface area contributed by atoms with Gasteiger partial charge in [-0.1, -0.05) is 30.3 Å². The minimum atomic E-state index is -2.58. The van der Waals surface area contributed by atoms with E-state index in [0.717, 1.165) is 0 Å². The number of aliphatic hydroxyl groups excluding tert-OH is 1. The summed E-state index contributed by atoms with van der Waals surface area (Å²) in [5.41, 5.74) is 0.677. The molecule has 1 nitrogen and oxygen atoms in total. The van der Waals surface area contributed by atoms with Crippen molar-refractivity contribution in [3.8, 4) is 0 Å². The summed E-state index contributed by atoms with van der Waals surface area (Å²) in [5.74, 6) is -0.410. The van der Waals surface area contributed by atoms with E-state index in [9.17, 15) is 18.3 Å². The molecular weight excluding hydrogens is 241 g/mol. The molecule has 0 bridgehead atoms. The third-order valence-corrected chi connectivity index (χ3v) is 2.66. The second-order valence-electron chi connectivity index (χ2n) is 3.92. The Bertz CT molecular complexity index is 523. The van der Waals surface area contributed by atoms with Crippen molar-refractivity contribution in [1.29, 1.82) is 0 Å². The van der Waals surface area contributed by atoms with Gasteiger partial charge in [0.15, 0.2) is 0 Å². The molecule has 0 aliphatic carbocycles. The normalized spacial score (nSPS) is 12.7. The van der Waals surface area contributed by atoms with Crippen LogP contribution >= 0.6 is 0 Å². The molecule has 2 aromatic rings. The molecule has 0 aromatic heterocycles. The fourth-order valence-electron chi connectivity index (χ4n) is 1.70. The first kappa shape index (κ1) is 12.6. The van der Waals surface area contributed by atoms with Crippen LogP contribution in [0.4, 0.5) is 13.2 Å². The third-order valence-electron chi connectivity index (χ3n) is 2.66. The number of hydrogen-bond donors (Lipinski definition) is 1. The van der Waals surface area contributed by atoms with Crippen LogP contribution in [0, 0.1) is 5.82 Å². The van der Waals surface area contributed by atoms with Crippen molar-refractivity contribution >= 4 is 0 Å². The monoisotopic (exact) mass is 252 g/mol. The number of rotatable bonds is 3. The van der Waals surface area contributed by atoms with Gasteiger partial charge in [0.1, 0.15) is 11.9 Å². The van der Waals surface area contributed by atoms with Gasteiger partial charge in [0.05, 0.1) is 0 Å². The summed E-state index contributed by atoms with van der Waals surface area (Å²) in [6, 6.07) is 10.9. The van der Waals surface area contributed by atoms with Crippen molar-refractivity contribution in [3.63, 3.8) is 0 Å². The van der Waals surface area contributed by atoms with Gasteiger partial charge < -0.3 is 5.11 Å². The zero-order valence-corrected chi connectivity index (χ0v) is 9.35. The minimum Gasteiger partial charge on any atom is -0.384 e. The highest BCUT2D eigenvalue weighted by molar-refractivity contribution is 5.33. The van der Waals surface area contributed by atoms with E-state index < -0.39 is 18.3 Å². The summed E-state index contributed by atoms with van der Waals surface area (Å²) >= 11 is 0. The second kappa shape index (κ2) is 5.23. The molecule has 0 spiro atoms. The molecule has 0 aliphatic heterocycles. The molecule has 2 aromatic carbocycles. The maximum atomic E-state index is 12.7. The first-order valence-electron chi connectivity index (χ1n) is 5.39. The Kier molecular flexibility index (Phi) is 3.67. The highest BCUT2D eigenvalue weighted by atomic mass is 19.3. The van der Waals surface area contributed by atoms with Crippen LogP contribution < -0.4 is 0 Å². The van der Waals surface area contributed by atoms with Gasteiger partial charge in [-0.3, -0.25) is 0 Å². The van der Waals surface area contributed by atoms with Gasteiger partial charge in [0.25, 0.3) is 6.43 Å². The molecule has 0 amide bonds. The van der Waals surface area contributed by atoms with E-state index in [2.05, 4.69) is 0 Å². The number of benzene rings is 2. The minimum absolute atomic E-state index is 0.145. The standard InChI is InChI=1S/C14H11F3O/c15-12-6-4-9(5-7-12)13(18)10-2-1-3-11(8-10)14(16)17/h1-8,13-14,18H. The zero-order chi connectivity index (χ0) is 13.1. The molecule has 0 heterocycles. The van der Waals surface area contributed by atoms with Crippen molar-refractivity contribution in [2.45, 2.75) is 12.5 Å². The zero-order valence-electron chi connectivity index (χ0n) is 9.35. The Hall–Kier alpha value is -1.81. The largest absolute Gasteiger partial charge is 0.384 e. The Morgan fingerprint density at radius 2 is 1.44 bits per heavy atom. The Labute approximate surface area is 103 Å². The van der Waals surface area contributed by atoms with Crippen LogP contribution in [0.2, 0.25) is 0 Å². The second-order valence-corrected chi connectivity index (χ2v) is 3.92. The maximum absolute atomic E-state index is 12.7. The van der Waals surface area contributed by atoms with E-state index in [1.165, 1.54) is 42.5 Å². The number of aliphatic hydroxyl groups is 1. The molecule has 4 heteroatoms. The lowest BCUT2D eigenvalue weighted by Crippen LogP contribution is -2.00. The lowest BCUT2D eigenvalue weighted by molar-refractivity contribution is 0.150. The predicted octanol–water partition coefficient (Wildman–Crippen LogP) is 3.85. The SMILES string of the molecule is OC(c1ccc(F)cc1)c1cccc(C(F)F)c1. The topological polar surface area (TPSA) is 20.2 Å². The van der Waals surface area contributed by atoms with E-state index in [4.69, 9.17) is 0 Å². The molecule has 1 atom stereocenters. The number of alkyl halides is 2. The predicted molar refractivity (Wildman–Crippen MR) is 61.9 cm³/mol. The quantitative estimate of drug-likeness (QED) is 0.879. The summed E-state index contributed by atoms with van der Waals surface area (Å²) in [5, 5.41) is 10.0. The number of halogens is 3. The summed E-state index contributed by atoms with van der Waals surface area (Å²) < 4.78 is 37.8. The Morgan fingerprint density at radius 3 is 2.06 bits per heavy atom. The molecule has 0 saturated carbocycles. The van der Waals surface area contributed by atoms with Crippen LogP contribution in [0.1, 0.15) is 29.2 Å². The lowest BCUT2D eigenvalue weighted by Gasteiger charge is -2.12. The van der Waals surface area contributed by atoms with Crippen molar-refractivity contribution in [2.24, 2.45) is 0 Å². The maximum Gasteiger partial charge on any atom is 0.263 e. The van der Waals surface area contributed by atoms with E-state index in [-0.39, 0.29) is 5.56 Å². The van der Waals surface area contributed by atoms with Crippen LogP contribution in [0.25, 0.3) is 0 Å². The highest BCUT2D eigenvalue weighted by Crippen LogP contribution is 2.26. The Balaban J connectivity index is 2.30. The summed E-state index contributed by atoms with van der Waals surface area (Å²) in [7, 11) is 0. The molecule has 0 fully saturated rings. The molecule has 1 N–H and O–H groups in total. The highest BCUT2D eigenvalue weighted by Gasteiger charge is 2.13. The average Bonchev–Trinajstić information content (AvgIpc) is 2.39. The smallest absolute Gasteiger partial charge is 0.263 e. The van der Waals surface area contributed by atoms with Crippen molar-refractivity contribution < 1.29 is 18.3 Å². The van der Waals surface area contributed by atoms with E-state index in [0.29, 0.717) is 11.1 Å². The molecule has 1 unspecified atom stereocenters. The van der Waals surface area contributed by atoms with Crippen molar-refractivity contribution in [3.05, 3.63) is 71.0 Å². The van der Waals surface area contributed by atoms with Gasteiger partial charge in [-0.2, -0.15) is 0 Å². The van der Waals surface area contributed by atoms with E-state index in [1.54, 1.807) is 6.07 Å². The van der Waals surface area contributed by atoms with Gasteiger partial charge >= 0.3 is 0 Å². The lowest BCUT2D eigenvalue weighted by atomic mass is 10.00. The molecule has 0 radical (unpaired) electrons. The molecular formula is C14H11F3O. The van der Waals surface area contributed by atoms with Crippen molar-refractivity contribution in [2.75, 3.05) is 0 Å². The Morgan fingerprint density at radius 1 is 0.833 bits per heavy atom. The van der Waals surface area contributed by atoms with E-state index in [1.807, 2.05) is 0 Å². The summed E-state index contributed by atoms with van der Waals surface area (Å²) in [6.07, 6.45) is -3.62.